The molecule has 112 valence electrons. The van der Waals surface area contributed by atoms with Crippen LogP contribution in [0.1, 0.15) is 51.5 Å². The van der Waals surface area contributed by atoms with E-state index in [0.717, 1.165) is 25.3 Å². The topological polar surface area (TPSA) is 35.2 Å². The largest absolute Gasteiger partial charge is 0.493 e. The van der Waals surface area contributed by atoms with Gasteiger partial charge in [0.2, 0.25) is 0 Å². The number of rotatable bonds is 7. The summed E-state index contributed by atoms with van der Waals surface area (Å²) in [6.07, 6.45) is 7.65. The second-order valence-corrected chi connectivity index (χ2v) is 6.54. The van der Waals surface area contributed by atoms with E-state index in [9.17, 15) is 0 Å². The molecule has 2 nitrogen and oxygen atoms in total. The van der Waals surface area contributed by atoms with Gasteiger partial charge >= 0.3 is 0 Å². The summed E-state index contributed by atoms with van der Waals surface area (Å²) in [6, 6.07) is 8.53. The molecule has 1 atom stereocenters. The van der Waals surface area contributed by atoms with E-state index in [1.807, 2.05) is 0 Å². The van der Waals surface area contributed by atoms with E-state index in [2.05, 4.69) is 38.1 Å². The maximum Gasteiger partial charge on any atom is 0.119 e. The first-order chi connectivity index (χ1) is 9.67. The van der Waals surface area contributed by atoms with Gasteiger partial charge in [-0.3, -0.25) is 0 Å². The van der Waals surface area contributed by atoms with E-state index in [1.165, 1.54) is 37.7 Å². The van der Waals surface area contributed by atoms with Gasteiger partial charge in [0.15, 0.2) is 0 Å². The SMILES string of the molecule is CCC1(COc2cccc(CC(C)CN)c2)CCCC1. The molecule has 1 saturated carbocycles. The summed E-state index contributed by atoms with van der Waals surface area (Å²) >= 11 is 0. The predicted molar refractivity (Wildman–Crippen MR) is 85.1 cm³/mol. The van der Waals surface area contributed by atoms with Gasteiger partial charge in [-0.15, -0.1) is 0 Å². The molecule has 2 rings (SSSR count). The minimum Gasteiger partial charge on any atom is -0.493 e. The van der Waals surface area contributed by atoms with Crippen LogP contribution in [0.2, 0.25) is 0 Å². The smallest absolute Gasteiger partial charge is 0.119 e. The van der Waals surface area contributed by atoms with Crippen LogP contribution >= 0.6 is 0 Å². The van der Waals surface area contributed by atoms with E-state index in [-0.39, 0.29) is 0 Å². The van der Waals surface area contributed by atoms with Gasteiger partial charge in [-0.2, -0.15) is 0 Å². The van der Waals surface area contributed by atoms with Crippen LogP contribution in [0.5, 0.6) is 5.75 Å². The Morgan fingerprint density at radius 3 is 2.70 bits per heavy atom. The highest BCUT2D eigenvalue weighted by molar-refractivity contribution is 5.29. The van der Waals surface area contributed by atoms with Gasteiger partial charge in [0.05, 0.1) is 6.61 Å². The summed E-state index contributed by atoms with van der Waals surface area (Å²) in [6.45, 7) is 6.11. The minimum absolute atomic E-state index is 0.431. The van der Waals surface area contributed by atoms with Gasteiger partial charge < -0.3 is 10.5 Å². The van der Waals surface area contributed by atoms with Gasteiger partial charge in [0, 0.05) is 5.41 Å². The zero-order chi connectivity index (χ0) is 14.4. The van der Waals surface area contributed by atoms with Gasteiger partial charge in [-0.1, -0.05) is 38.8 Å². The summed E-state index contributed by atoms with van der Waals surface area (Å²) in [4.78, 5) is 0. The molecule has 1 aromatic rings. The van der Waals surface area contributed by atoms with E-state index in [0.29, 0.717) is 11.3 Å². The lowest BCUT2D eigenvalue weighted by Gasteiger charge is -2.27. The number of hydrogen-bond acceptors (Lipinski definition) is 2. The highest BCUT2D eigenvalue weighted by atomic mass is 16.5. The zero-order valence-electron chi connectivity index (χ0n) is 13.0. The Morgan fingerprint density at radius 1 is 1.30 bits per heavy atom. The van der Waals surface area contributed by atoms with Crippen LogP contribution in [-0.4, -0.2) is 13.2 Å². The molecule has 2 heteroatoms. The molecular formula is C18H29NO. The Balaban J connectivity index is 1.94. The van der Waals surface area contributed by atoms with E-state index < -0.39 is 0 Å². The monoisotopic (exact) mass is 275 g/mol. The molecule has 0 aromatic heterocycles. The van der Waals surface area contributed by atoms with Crippen molar-refractivity contribution < 1.29 is 4.74 Å². The molecule has 1 fully saturated rings. The predicted octanol–water partition coefficient (Wildman–Crippen LogP) is 4.17. The molecular weight excluding hydrogens is 246 g/mol. The molecule has 1 aliphatic carbocycles. The lowest BCUT2D eigenvalue weighted by molar-refractivity contribution is 0.144. The molecule has 0 spiro atoms. The van der Waals surface area contributed by atoms with Crippen LogP contribution in [0, 0.1) is 11.3 Å². The normalized spacial score (nSPS) is 18.9. The van der Waals surface area contributed by atoms with Crippen LogP contribution in [0.25, 0.3) is 0 Å². The van der Waals surface area contributed by atoms with Crippen molar-refractivity contribution in [3.63, 3.8) is 0 Å². The number of nitrogens with two attached hydrogens (primary N) is 1. The van der Waals surface area contributed by atoms with Crippen LogP contribution in [-0.2, 0) is 6.42 Å². The molecule has 1 aromatic carbocycles. The lowest BCUT2D eigenvalue weighted by Crippen LogP contribution is -2.24. The van der Waals surface area contributed by atoms with Gasteiger partial charge in [-0.25, -0.2) is 0 Å². The average Bonchev–Trinajstić information content (AvgIpc) is 2.95. The summed E-state index contributed by atoms with van der Waals surface area (Å²) in [5, 5.41) is 0. The van der Waals surface area contributed by atoms with Crippen LogP contribution in [0.15, 0.2) is 24.3 Å². The maximum absolute atomic E-state index is 6.11. The van der Waals surface area contributed by atoms with Crippen molar-refractivity contribution in [2.75, 3.05) is 13.2 Å². The van der Waals surface area contributed by atoms with Crippen molar-refractivity contribution >= 4 is 0 Å². The summed E-state index contributed by atoms with van der Waals surface area (Å²) in [7, 11) is 0. The Labute approximate surface area is 123 Å². The second kappa shape index (κ2) is 7.12. The Kier molecular flexibility index (Phi) is 5.47. The Bertz CT molecular complexity index is 410. The Hall–Kier alpha value is -1.02. The average molecular weight is 275 g/mol. The fourth-order valence-corrected chi connectivity index (χ4v) is 3.21. The third-order valence-corrected chi connectivity index (χ3v) is 4.84. The van der Waals surface area contributed by atoms with E-state index in [1.54, 1.807) is 0 Å². The molecule has 0 aliphatic heterocycles. The first-order valence-electron chi connectivity index (χ1n) is 8.09. The molecule has 1 unspecified atom stereocenters. The van der Waals surface area contributed by atoms with E-state index in [4.69, 9.17) is 10.5 Å². The molecule has 2 N–H and O–H groups in total. The van der Waals surface area contributed by atoms with Crippen LogP contribution < -0.4 is 10.5 Å². The Morgan fingerprint density at radius 2 is 2.05 bits per heavy atom. The summed E-state index contributed by atoms with van der Waals surface area (Å²) in [5.41, 5.74) is 7.47. The number of hydrogen-bond donors (Lipinski definition) is 1. The molecule has 0 saturated heterocycles. The summed E-state index contributed by atoms with van der Waals surface area (Å²) in [5.74, 6) is 1.55. The molecule has 0 bridgehead atoms. The highest BCUT2D eigenvalue weighted by Crippen LogP contribution is 2.41. The van der Waals surface area contributed by atoms with Gasteiger partial charge in [-0.05, 0) is 55.8 Å². The fourth-order valence-electron chi connectivity index (χ4n) is 3.21. The highest BCUT2D eigenvalue weighted by Gasteiger charge is 2.32. The summed E-state index contributed by atoms with van der Waals surface area (Å²) < 4.78 is 6.11. The van der Waals surface area contributed by atoms with Crippen molar-refractivity contribution in [1.29, 1.82) is 0 Å². The van der Waals surface area contributed by atoms with Gasteiger partial charge in [0.1, 0.15) is 5.75 Å². The van der Waals surface area contributed by atoms with Crippen molar-refractivity contribution in [3.05, 3.63) is 29.8 Å². The molecule has 0 amide bonds. The van der Waals surface area contributed by atoms with E-state index >= 15 is 0 Å². The number of benzene rings is 1. The zero-order valence-corrected chi connectivity index (χ0v) is 13.0. The molecule has 0 heterocycles. The molecule has 0 radical (unpaired) electrons. The van der Waals surface area contributed by atoms with Crippen molar-refractivity contribution in [2.45, 2.75) is 52.4 Å². The molecule has 20 heavy (non-hydrogen) atoms. The molecule has 1 aliphatic rings. The third-order valence-electron chi connectivity index (χ3n) is 4.84. The van der Waals surface area contributed by atoms with Gasteiger partial charge in [0.25, 0.3) is 0 Å². The first kappa shape index (κ1) is 15.4. The maximum atomic E-state index is 6.11. The van der Waals surface area contributed by atoms with Crippen molar-refractivity contribution in [3.8, 4) is 5.75 Å². The fraction of sp³-hybridized carbons (Fsp3) is 0.667. The minimum atomic E-state index is 0.431. The standard InChI is InChI=1S/C18H29NO/c1-3-18(9-4-5-10-18)14-20-17-8-6-7-16(12-17)11-15(2)13-19/h6-8,12,15H,3-5,9-11,13-14,19H2,1-2H3. The second-order valence-electron chi connectivity index (χ2n) is 6.54. The lowest BCUT2D eigenvalue weighted by atomic mass is 9.84. The van der Waals surface area contributed by atoms with Crippen LogP contribution in [0.3, 0.4) is 0 Å². The number of ether oxygens (including phenoxy) is 1. The van der Waals surface area contributed by atoms with Crippen LogP contribution in [0.4, 0.5) is 0 Å². The van der Waals surface area contributed by atoms with Crippen molar-refractivity contribution in [1.82, 2.24) is 0 Å². The van der Waals surface area contributed by atoms with Crippen molar-refractivity contribution in [2.24, 2.45) is 17.1 Å². The first-order valence-corrected chi connectivity index (χ1v) is 8.09. The third kappa shape index (κ3) is 3.99. The quantitative estimate of drug-likeness (QED) is 0.810.